The Morgan fingerprint density at radius 3 is 2.72 bits per heavy atom. The van der Waals surface area contributed by atoms with Crippen LogP contribution in [0.25, 0.3) is 0 Å². The van der Waals surface area contributed by atoms with Gasteiger partial charge in [0, 0.05) is 27.8 Å². The second-order valence-electron chi connectivity index (χ2n) is 5.95. The molecule has 0 bridgehead atoms. The second kappa shape index (κ2) is 6.90. The number of halogens is 1. The Hall–Kier alpha value is -2.30. The zero-order chi connectivity index (χ0) is 17.2. The van der Waals surface area contributed by atoms with Crippen molar-refractivity contribution in [2.45, 2.75) is 18.9 Å². The van der Waals surface area contributed by atoms with E-state index in [0.29, 0.717) is 18.1 Å². The number of benzene rings is 2. The molecule has 0 radical (unpaired) electrons. The number of ether oxygens (including phenoxy) is 1. The maximum Gasteiger partial charge on any atom is 0.225 e. The molecule has 0 saturated heterocycles. The molecule has 0 saturated carbocycles. The Morgan fingerprint density at radius 2 is 1.92 bits per heavy atom. The summed E-state index contributed by atoms with van der Waals surface area (Å²) in [4.78, 5) is 13.1. The molecule has 5 heteroatoms. The topological polar surface area (TPSA) is 38.3 Å². The molecule has 1 amide bonds. The maximum atomic E-state index is 11.9. The summed E-state index contributed by atoms with van der Waals surface area (Å²) in [6.45, 7) is 0.430. The SMILES string of the molecule is O=C1C[C@@H](c2ccc(OCc3ccccc3Cl)cc2)c2sccc2N1. The van der Waals surface area contributed by atoms with Crippen LogP contribution in [-0.2, 0) is 11.4 Å². The van der Waals surface area contributed by atoms with Gasteiger partial charge in [-0.25, -0.2) is 0 Å². The van der Waals surface area contributed by atoms with Crippen molar-refractivity contribution in [3.63, 3.8) is 0 Å². The number of carbonyl (C=O) groups excluding carboxylic acids is 1. The molecular formula is C20H16ClNO2S. The van der Waals surface area contributed by atoms with Crippen LogP contribution in [0.5, 0.6) is 5.75 Å². The average Bonchev–Trinajstić information content (AvgIpc) is 3.09. The van der Waals surface area contributed by atoms with Gasteiger partial charge < -0.3 is 10.1 Å². The van der Waals surface area contributed by atoms with E-state index in [1.807, 2.05) is 60.0 Å². The van der Waals surface area contributed by atoms with Crippen molar-refractivity contribution < 1.29 is 9.53 Å². The van der Waals surface area contributed by atoms with Crippen LogP contribution in [0.1, 0.15) is 28.3 Å². The molecule has 4 rings (SSSR count). The van der Waals surface area contributed by atoms with Gasteiger partial charge >= 0.3 is 0 Å². The fourth-order valence-electron chi connectivity index (χ4n) is 3.02. The van der Waals surface area contributed by atoms with Gasteiger partial charge in [-0.05, 0) is 35.2 Å². The normalized spacial score (nSPS) is 16.2. The number of amides is 1. The minimum atomic E-state index is 0.0648. The van der Waals surface area contributed by atoms with Crippen LogP contribution in [0.3, 0.4) is 0 Å². The molecule has 126 valence electrons. The lowest BCUT2D eigenvalue weighted by Crippen LogP contribution is -2.21. The molecule has 1 aromatic heterocycles. The number of hydrogen-bond acceptors (Lipinski definition) is 3. The number of nitrogens with one attached hydrogen (secondary N) is 1. The van der Waals surface area contributed by atoms with Crippen molar-refractivity contribution in [3.05, 3.63) is 81.0 Å². The summed E-state index contributed by atoms with van der Waals surface area (Å²) in [6.07, 6.45) is 0.480. The van der Waals surface area contributed by atoms with Crippen LogP contribution in [0.4, 0.5) is 5.69 Å². The van der Waals surface area contributed by atoms with Crippen LogP contribution in [0.2, 0.25) is 5.02 Å². The van der Waals surface area contributed by atoms with E-state index in [1.165, 1.54) is 4.88 Å². The highest BCUT2D eigenvalue weighted by molar-refractivity contribution is 7.10. The molecule has 2 aromatic carbocycles. The molecule has 1 N–H and O–H groups in total. The van der Waals surface area contributed by atoms with Gasteiger partial charge in [0.25, 0.3) is 0 Å². The summed E-state index contributed by atoms with van der Waals surface area (Å²) in [5.74, 6) is 0.964. The predicted molar refractivity (Wildman–Crippen MR) is 102 cm³/mol. The molecular weight excluding hydrogens is 354 g/mol. The Bertz CT molecular complexity index is 904. The number of rotatable bonds is 4. The zero-order valence-corrected chi connectivity index (χ0v) is 14.9. The summed E-state index contributed by atoms with van der Waals surface area (Å²) in [6, 6.07) is 17.6. The van der Waals surface area contributed by atoms with E-state index >= 15 is 0 Å². The monoisotopic (exact) mass is 369 g/mol. The number of carbonyl (C=O) groups is 1. The van der Waals surface area contributed by atoms with Crippen molar-refractivity contribution >= 4 is 34.5 Å². The molecule has 25 heavy (non-hydrogen) atoms. The fourth-order valence-corrected chi connectivity index (χ4v) is 4.19. The van der Waals surface area contributed by atoms with Crippen molar-refractivity contribution in [2.24, 2.45) is 0 Å². The smallest absolute Gasteiger partial charge is 0.225 e. The lowest BCUT2D eigenvalue weighted by atomic mass is 9.91. The minimum absolute atomic E-state index is 0.0648. The number of thiophene rings is 1. The van der Waals surface area contributed by atoms with Gasteiger partial charge in [0.05, 0.1) is 5.69 Å². The third-order valence-corrected chi connectivity index (χ3v) is 5.71. The molecule has 0 spiro atoms. The summed E-state index contributed by atoms with van der Waals surface area (Å²) in [5, 5.41) is 5.65. The molecule has 3 aromatic rings. The lowest BCUT2D eigenvalue weighted by molar-refractivity contribution is -0.116. The molecule has 3 nitrogen and oxygen atoms in total. The first kappa shape index (κ1) is 16.2. The van der Waals surface area contributed by atoms with Crippen LogP contribution < -0.4 is 10.1 Å². The summed E-state index contributed by atoms with van der Waals surface area (Å²) < 4.78 is 5.83. The first-order valence-corrected chi connectivity index (χ1v) is 9.30. The van der Waals surface area contributed by atoms with Gasteiger partial charge in [-0.3, -0.25) is 4.79 Å². The van der Waals surface area contributed by atoms with E-state index in [2.05, 4.69) is 5.32 Å². The van der Waals surface area contributed by atoms with Gasteiger partial charge in [-0.2, -0.15) is 0 Å². The summed E-state index contributed by atoms with van der Waals surface area (Å²) >= 11 is 7.83. The van der Waals surface area contributed by atoms with Crippen LogP contribution >= 0.6 is 22.9 Å². The van der Waals surface area contributed by atoms with Crippen molar-refractivity contribution in [1.29, 1.82) is 0 Å². The highest BCUT2D eigenvalue weighted by Crippen LogP contribution is 2.40. The van der Waals surface area contributed by atoms with Crippen molar-refractivity contribution in [1.82, 2.24) is 0 Å². The van der Waals surface area contributed by atoms with Gasteiger partial charge in [0.2, 0.25) is 5.91 Å². The molecule has 0 aliphatic carbocycles. The molecule has 1 atom stereocenters. The van der Waals surface area contributed by atoms with Gasteiger partial charge in [0.1, 0.15) is 12.4 Å². The summed E-state index contributed by atoms with van der Waals surface area (Å²) in [7, 11) is 0. The van der Waals surface area contributed by atoms with Gasteiger partial charge in [-0.1, -0.05) is 41.9 Å². The molecule has 2 heterocycles. The van der Waals surface area contributed by atoms with E-state index in [0.717, 1.165) is 22.6 Å². The van der Waals surface area contributed by atoms with Gasteiger partial charge in [0.15, 0.2) is 0 Å². The van der Waals surface area contributed by atoms with Crippen molar-refractivity contribution in [3.8, 4) is 5.75 Å². The molecule has 0 fully saturated rings. The first-order chi connectivity index (χ1) is 12.2. The van der Waals surface area contributed by atoms with Crippen LogP contribution in [0, 0.1) is 0 Å². The Labute approximate surface area is 155 Å². The van der Waals surface area contributed by atoms with Crippen LogP contribution in [0.15, 0.2) is 60.0 Å². The predicted octanol–water partition coefficient (Wildman–Crippen LogP) is 5.45. The van der Waals surface area contributed by atoms with E-state index in [1.54, 1.807) is 11.3 Å². The number of hydrogen-bond donors (Lipinski definition) is 1. The lowest BCUT2D eigenvalue weighted by Gasteiger charge is -2.23. The third kappa shape index (κ3) is 3.41. The highest BCUT2D eigenvalue weighted by Gasteiger charge is 2.27. The molecule has 1 aliphatic heterocycles. The standard InChI is InChI=1S/C20H16ClNO2S/c21-17-4-2-1-3-14(17)12-24-15-7-5-13(6-8-15)16-11-19(23)22-18-9-10-25-20(16)18/h1-10,16H,11-12H2,(H,22,23)/t16-/m0/s1. The Balaban J connectivity index is 1.50. The second-order valence-corrected chi connectivity index (χ2v) is 7.31. The van der Waals surface area contributed by atoms with E-state index < -0.39 is 0 Å². The van der Waals surface area contributed by atoms with Crippen LogP contribution in [-0.4, -0.2) is 5.91 Å². The van der Waals surface area contributed by atoms with Gasteiger partial charge in [-0.15, -0.1) is 11.3 Å². The number of anilines is 1. The molecule has 0 unspecified atom stereocenters. The van der Waals surface area contributed by atoms with E-state index in [9.17, 15) is 4.79 Å². The molecule has 1 aliphatic rings. The number of fused-ring (bicyclic) bond motifs is 1. The fraction of sp³-hybridized carbons (Fsp3) is 0.150. The quantitative estimate of drug-likeness (QED) is 0.663. The van der Waals surface area contributed by atoms with E-state index in [-0.39, 0.29) is 11.8 Å². The third-order valence-electron chi connectivity index (χ3n) is 4.31. The Kier molecular flexibility index (Phi) is 4.47. The van der Waals surface area contributed by atoms with Crippen molar-refractivity contribution in [2.75, 3.05) is 5.32 Å². The largest absolute Gasteiger partial charge is 0.489 e. The summed E-state index contributed by atoms with van der Waals surface area (Å²) in [5.41, 5.74) is 3.02. The first-order valence-electron chi connectivity index (χ1n) is 8.04. The zero-order valence-electron chi connectivity index (χ0n) is 13.4. The average molecular weight is 370 g/mol. The minimum Gasteiger partial charge on any atom is -0.489 e. The Morgan fingerprint density at radius 1 is 1.12 bits per heavy atom. The van der Waals surface area contributed by atoms with E-state index in [4.69, 9.17) is 16.3 Å². The maximum absolute atomic E-state index is 11.9. The highest BCUT2D eigenvalue weighted by atomic mass is 35.5.